The van der Waals surface area contributed by atoms with E-state index in [1.165, 1.54) is 25.7 Å². The number of thiocarbonyl (C=S) groups is 1. The van der Waals surface area contributed by atoms with Crippen LogP contribution < -0.4 is 10.7 Å². The van der Waals surface area contributed by atoms with E-state index in [4.69, 9.17) is 12.2 Å². The molecule has 0 atom stereocenters. The molecule has 1 heterocycles. The molecule has 1 aromatic rings. The van der Waals surface area contributed by atoms with Crippen LogP contribution in [-0.4, -0.2) is 21.8 Å². The van der Waals surface area contributed by atoms with Crippen molar-refractivity contribution in [3.63, 3.8) is 0 Å². The minimum atomic E-state index is 0.510. The molecule has 121 valence electrons. The van der Waals surface area contributed by atoms with Crippen LogP contribution in [0.15, 0.2) is 29.5 Å². The second kappa shape index (κ2) is 11.2. The number of aromatic nitrogens is 1. The summed E-state index contributed by atoms with van der Waals surface area (Å²) >= 11 is 5.97. The molecule has 0 radical (unpaired) electrons. The van der Waals surface area contributed by atoms with Crippen LogP contribution in [0.3, 0.4) is 0 Å². The van der Waals surface area contributed by atoms with Crippen molar-refractivity contribution in [3.8, 4) is 0 Å². The zero-order valence-corrected chi connectivity index (χ0v) is 14.8. The van der Waals surface area contributed by atoms with Crippen LogP contribution >= 0.6 is 32.4 Å². The molecule has 0 amide bonds. The number of hydrogen-bond donors (Lipinski definition) is 2. The molecule has 2 rings (SSSR count). The summed E-state index contributed by atoms with van der Waals surface area (Å²) in [5.74, 6) is 0. The SMILES string of the molecule is CC(=NNC(=S)NC1CCCC1)c1ccccn1.[Cl][Cu][Cl]. The summed E-state index contributed by atoms with van der Waals surface area (Å²) in [5.41, 5.74) is 4.56. The van der Waals surface area contributed by atoms with E-state index < -0.39 is 0 Å². The van der Waals surface area contributed by atoms with Gasteiger partial charge in [-0.2, -0.15) is 5.10 Å². The first-order chi connectivity index (χ1) is 10.2. The van der Waals surface area contributed by atoms with Gasteiger partial charge in [-0.3, -0.25) is 10.4 Å². The minimum absolute atomic E-state index is 0.510. The fraction of sp³-hybridized carbons (Fsp3) is 0.462. The maximum atomic E-state index is 5.21. The number of nitrogens with zero attached hydrogens (tertiary/aromatic N) is 2. The van der Waals surface area contributed by atoms with Crippen molar-refractivity contribution in [2.75, 3.05) is 0 Å². The average molecular weight is 397 g/mol. The molecule has 21 heavy (non-hydrogen) atoms. The van der Waals surface area contributed by atoms with Gasteiger partial charge in [0.2, 0.25) is 0 Å². The van der Waals surface area contributed by atoms with Crippen LogP contribution in [0.1, 0.15) is 38.3 Å². The van der Waals surface area contributed by atoms with Crippen molar-refractivity contribution >= 4 is 43.2 Å². The second-order valence-corrected chi connectivity index (χ2v) is 6.49. The van der Waals surface area contributed by atoms with Gasteiger partial charge in [-0.15, -0.1) is 0 Å². The molecule has 0 unspecified atom stereocenters. The Balaban J connectivity index is 0.000000677. The van der Waals surface area contributed by atoms with E-state index in [1.807, 2.05) is 25.1 Å². The van der Waals surface area contributed by atoms with E-state index in [-0.39, 0.29) is 0 Å². The molecule has 1 aromatic heterocycles. The Morgan fingerprint density at radius 1 is 1.38 bits per heavy atom. The molecule has 0 bridgehead atoms. The fourth-order valence-electron chi connectivity index (χ4n) is 2.06. The molecule has 1 aliphatic carbocycles. The Kier molecular flexibility index (Phi) is 9.96. The summed E-state index contributed by atoms with van der Waals surface area (Å²) in [6.45, 7) is 1.91. The first kappa shape index (κ1) is 18.7. The summed E-state index contributed by atoms with van der Waals surface area (Å²) < 4.78 is 0. The molecule has 4 nitrogen and oxygen atoms in total. The number of hydrogen-bond acceptors (Lipinski definition) is 3. The van der Waals surface area contributed by atoms with Crippen molar-refractivity contribution in [1.29, 1.82) is 0 Å². The number of halogens is 2. The first-order valence-electron chi connectivity index (χ1n) is 6.50. The molecule has 2 N–H and O–H groups in total. The van der Waals surface area contributed by atoms with Crippen LogP contribution in [-0.2, 0) is 13.1 Å². The molecular formula is C13H18Cl2CuN4S. The van der Waals surface area contributed by atoms with E-state index in [1.54, 1.807) is 6.20 Å². The Hall–Kier alpha value is -0.391. The Morgan fingerprint density at radius 2 is 2.05 bits per heavy atom. The van der Waals surface area contributed by atoms with Gasteiger partial charge in [0, 0.05) is 12.2 Å². The fourth-order valence-corrected chi connectivity index (χ4v) is 2.27. The predicted molar refractivity (Wildman–Crippen MR) is 89.3 cm³/mol. The second-order valence-electron chi connectivity index (χ2n) is 4.52. The predicted octanol–water partition coefficient (Wildman–Crippen LogP) is 3.59. The van der Waals surface area contributed by atoms with Gasteiger partial charge in [-0.1, -0.05) is 18.9 Å². The van der Waals surface area contributed by atoms with Gasteiger partial charge in [0.15, 0.2) is 5.11 Å². The maximum absolute atomic E-state index is 5.21. The topological polar surface area (TPSA) is 49.3 Å². The monoisotopic (exact) mass is 395 g/mol. The summed E-state index contributed by atoms with van der Waals surface area (Å²) in [6, 6.07) is 6.26. The molecule has 1 saturated carbocycles. The number of pyridine rings is 1. The zero-order chi connectivity index (χ0) is 15.5. The normalized spacial score (nSPS) is 15.3. The van der Waals surface area contributed by atoms with Crippen molar-refractivity contribution < 1.29 is 13.1 Å². The summed E-state index contributed by atoms with van der Waals surface area (Å²) in [5, 5.41) is 8.11. The van der Waals surface area contributed by atoms with Gasteiger partial charge in [0.25, 0.3) is 0 Å². The average Bonchev–Trinajstić information content (AvgIpc) is 2.99. The summed E-state index contributed by atoms with van der Waals surface area (Å²) in [6.07, 6.45) is 6.73. The summed E-state index contributed by atoms with van der Waals surface area (Å²) in [7, 11) is 9.34. The van der Waals surface area contributed by atoms with Crippen LogP contribution in [0.25, 0.3) is 0 Å². The van der Waals surface area contributed by atoms with Crippen LogP contribution in [0.2, 0.25) is 0 Å². The third-order valence-electron chi connectivity index (χ3n) is 3.05. The van der Waals surface area contributed by atoms with Gasteiger partial charge >= 0.3 is 33.3 Å². The van der Waals surface area contributed by atoms with Crippen LogP contribution in [0, 0.1) is 0 Å². The van der Waals surface area contributed by atoms with Crippen molar-refractivity contribution in [2.24, 2.45) is 5.10 Å². The third kappa shape index (κ3) is 7.98. The van der Waals surface area contributed by atoms with Gasteiger partial charge in [0.05, 0.1) is 11.4 Å². The van der Waals surface area contributed by atoms with E-state index >= 15 is 0 Å². The molecule has 0 aromatic carbocycles. The van der Waals surface area contributed by atoms with E-state index in [0.717, 1.165) is 24.5 Å². The molecule has 1 aliphatic rings. The Bertz CT molecular complexity index is 453. The Morgan fingerprint density at radius 3 is 2.62 bits per heavy atom. The van der Waals surface area contributed by atoms with E-state index in [9.17, 15) is 0 Å². The number of rotatable bonds is 3. The molecule has 0 saturated heterocycles. The molecule has 8 heteroatoms. The zero-order valence-electron chi connectivity index (χ0n) is 11.6. The van der Waals surface area contributed by atoms with Crippen molar-refractivity contribution in [1.82, 2.24) is 15.7 Å². The summed E-state index contributed by atoms with van der Waals surface area (Å²) in [4.78, 5) is 4.23. The van der Waals surface area contributed by atoms with Gasteiger partial charge in [0.1, 0.15) is 0 Å². The Labute approximate surface area is 145 Å². The van der Waals surface area contributed by atoms with E-state index in [0.29, 0.717) is 11.2 Å². The third-order valence-corrected chi connectivity index (χ3v) is 3.26. The first-order valence-corrected chi connectivity index (χ1v) is 9.50. The van der Waals surface area contributed by atoms with E-state index in [2.05, 4.69) is 41.0 Å². The van der Waals surface area contributed by atoms with Crippen LogP contribution in [0.5, 0.6) is 0 Å². The number of hydrazone groups is 1. The van der Waals surface area contributed by atoms with Crippen LogP contribution in [0.4, 0.5) is 0 Å². The number of nitrogens with one attached hydrogen (secondary N) is 2. The standard InChI is InChI=1S/C13H18N4S.2ClH.Cu/c1-10(12-8-4-5-9-14-12)16-17-13(18)15-11-6-2-3-7-11;;;/h4-5,8-9,11H,2-3,6-7H2,1H3,(H2,15,17,18);2*1H;/q;;;+2/p-2. The molecule has 0 aliphatic heterocycles. The molecule has 0 spiro atoms. The van der Waals surface area contributed by atoms with Gasteiger partial charge in [-0.25, -0.2) is 0 Å². The molecule has 1 fully saturated rings. The van der Waals surface area contributed by atoms with Crippen molar-refractivity contribution in [2.45, 2.75) is 38.6 Å². The van der Waals surface area contributed by atoms with Crippen molar-refractivity contribution in [3.05, 3.63) is 30.1 Å². The molecular weight excluding hydrogens is 379 g/mol. The van der Waals surface area contributed by atoms with Gasteiger partial charge in [-0.05, 0) is 44.1 Å². The van der Waals surface area contributed by atoms with Gasteiger partial charge < -0.3 is 5.32 Å². The quantitative estimate of drug-likeness (QED) is 0.355.